The van der Waals surface area contributed by atoms with Crippen molar-refractivity contribution in [2.75, 3.05) is 7.11 Å². The van der Waals surface area contributed by atoms with Gasteiger partial charge >= 0.3 is 5.97 Å². The summed E-state index contributed by atoms with van der Waals surface area (Å²) in [5.41, 5.74) is 3.63. The van der Waals surface area contributed by atoms with Gasteiger partial charge in [-0.3, -0.25) is 19.0 Å². The number of aromatic nitrogens is 2. The molecule has 1 amide bonds. The van der Waals surface area contributed by atoms with Crippen LogP contribution in [0.15, 0.2) is 17.2 Å². The predicted molar refractivity (Wildman–Crippen MR) is 69.6 cm³/mol. The summed E-state index contributed by atoms with van der Waals surface area (Å²) < 4.78 is 10.7. The lowest BCUT2D eigenvalue weighted by atomic mass is 10.1. The quantitative estimate of drug-likeness (QED) is 0.516. The molecule has 0 saturated carbocycles. The smallest absolute Gasteiger partial charge is 0.308 e. The van der Waals surface area contributed by atoms with Crippen LogP contribution in [-0.4, -0.2) is 57.1 Å². The highest BCUT2D eigenvalue weighted by Gasteiger charge is 2.45. The van der Waals surface area contributed by atoms with E-state index in [-0.39, 0.29) is 6.42 Å². The van der Waals surface area contributed by atoms with Gasteiger partial charge in [0.05, 0.1) is 19.6 Å². The summed E-state index contributed by atoms with van der Waals surface area (Å²) >= 11 is 0. The average Bonchev–Trinajstić information content (AvgIpc) is 2.75. The minimum absolute atomic E-state index is 0.298. The molecular formula is C12H15N3O7. The van der Waals surface area contributed by atoms with E-state index in [9.17, 15) is 24.6 Å². The molecule has 2 heterocycles. The molecule has 1 aromatic rings. The second kappa shape index (κ2) is 6.22. The van der Waals surface area contributed by atoms with Crippen LogP contribution in [0.25, 0.3) is 0 Å². The van der Waals surface area contributed by atoms with Crippen molar-refractivity contribution in [3.05, 3.63) is 28.4 Å². The van der Waals surface area contributed by atoms with Crippen molar-refractivity contribution in [3.8, 4) is 0 Å². The van der Waals surface area contributed by atoms with E-state index in [1.54, 1.807) is 0 Å². The Hall–Kier alpha value is -2.30. The topological polar surface area (TPSA) is 154 Å². The molecule has 1 fully saturated rings. The highest BCUT2D eigenvalue weighted by molar-refractivity contribution is 5.90. The zero-order valence-electron chi connectivity index (χ0n) is 11.6. The molecule has 1 saturated heterocycles. The molecule has 0 aromatic carbocycles. The number of nitrogens with zero attached hydrogens (tertiary/aromatic N) is 2. The number of hydrogen-bond donors (Lipinski definition) is 3. The number of aliphatic hydroxyl groups is 2. The first-order valence-corrected chi connectivity index (χ1v) is 6.32. The molecule has 4 N–H and O–H groups in total. The Labute approximate surface area is 124 Å². The van der Waals surface area contributed by atoms with Gasteiger partial charge in [0.2, 0.25) is 0 Å². The monoisotopic (exact) mass is 313 g/mol. The molecule has 2 rings (SSSR count). The van der Waals surface area contributed by atoms with Gasteiger partial charge in [0, 0.05) is 12.4 Å². The van der Waals surface area contributed by atoms with Gasteiger partial charge in [0.15, 0.2) is 11.9 Å². The third-order valence-corrected chi connectivity index (χ3v) is 3.31. The molecule has 22 heavy (non-hydrogen) atoms. The van der Waals surface area contributed by atoms with Crippen LogP contribution in [0.4, 0.5) is 0 Å². The second-order valence-corrected chi connectivity index (χ2v) is 4.68. The standard InChI is InChI=1S/C12H15N3O7/c1-21-6(16)4-5-8(17)9(18)12(22-5)15-3-2-14-7(10(13)19)11(15)20/h2-3,5,8-9,12,17-18H,4H2,1H3,(H2,13,19)/t5-,8-,9-,12-/m1/s1. The number of carbonyl (C=O) groups excluding carboxylic acids is 2. The summed E-state index contributed by atoms with van der Waals surface area (Å²) in [4.78, 5) is 38.0. The van der Waals surface area contributed by atoms with E-state index in [4.69, 9.17) is 10.5 Å². The van der Waals surface area contributed by atoms with Crippen LogP contribution in [0.1, 0.15) is 23.1 Å². The molecule has 10 heteroatoms. The number of amides is 1. The van der Waals surface area contributed by atoms with Gasteiger partial charge in [-0.1, -0.05) is 0 Å². The van der Waals surface area contributed by atoms with Crippen molar-refractivity contribution in [2.24, 2.45) is 5.73 Å². The number of methoxy groups -OCH3 is 1. The van der Waals surface area contributed by atoms with E-state index in [1.165, 1.54) is 13.3 Å². The van der Waals surface area contributed by atoms with Crippen molar-refractivity contribution in [1.82, 2.24) is 9.55 Å². The molecule has 0 spiro atoms. The molecule has 0 unspecified atom stereocenters. The maximum absolute atomic E-state index is 12.1. The number of hydrogen-bond acceptors (Lipinski definition) is 8. The SMILES string of the molecule is COC(=O)C[C@H]1O[C@@H](n2ccnc(C(N)=O)c2=O)[C@H](O)[C@@H]1O. The van der Waals surface area contributed by atoms with Crippen LogP contribution in [-0.2, 0) is 14.3 Å². The van der Waals surface area contributed by atoms with Gasteiger partial charge in [-0.15, -0.1) is 0 Å². The Morgan fingerprint density at radius 2 is 2.14 bits per heavy atom. The van der Waals surface area contributed by atoms with Gasteiger partial charge < -0.3 is 25.4 Å². The largest absolute Gasteiger partial charge is 0.469 e. The summed E-state index contributed by atoms with van der Waals surface area (Å²) in [6.07, 6.45) is -3.19. The Kier molecular flexibility index (Phi) is 4.54. The summed E-state index contributed by atoms with van der Waals surface area (Å²) in [5.74, 6) is -1.67. The lowest BCUT2D eigenvalue weighted by Gasteiger charge is -2.17. The number of aliphatic hydroxyl groups excluding tert-OH is 2. The summed E-state index contributed by atoms with van der Waals surface area (Å²) in [7, 11) is 1.17. The third-order valence-electron chi connectivity index (χ3n) is 3.31. The highest BCUT2D eigenvalue weighted by atomic mass is 16.6. The average molecular weight is 313 g/mol. The molecule has 1 aromatic heterocycles. The van der Waals surface area contributed by atoms with Crippen molar-refractivity contribution < 1.29 is 29.3 Å². The number of ether oxygens (including phenoxy) is 2. The number of carbonyl (C=O) groups is 2. The summed E-state index contributed by atoms with van der Waals surface area (Å²) in [6, 6.07) is 0. The van der Waals surface area contributed by atoms with E-state index < -0.39 is 47.7 Å². The van der Waals surface area contributed by atoms with Crippen molar-refractivity contribution in [3.63, 3.8) is 0 Å². The van der Waals surface area contributed by atoms with Crippen molar-refractivity contribution in [1.29, 1.82) is 0 Å². The fourth-order valence-corrected chi connectivity index (χ4v) is 2.17. The van der Waals surface area contributed by atoms with Crippen molar-refractivity contribution >= 4 is 11.9 Å². The first kappa shape index (κ1) is 16.1. The maximum Gasteiger partial charge on any atom is 0.308 e. The Bertz CT molecular complexity index is 644. The molecule has 4 atom stereocenters. The third kappa shape index (κ3) is 2.84. The molecule has 10 nitrogen and oxygen atoms in total. The van der Waals surface area contributed by atoms with E-state index in [0.29, 0.717) is 0 Å². The maximum atomic E-state index is 12.1. The number of nitrogens with two attached hydrogens (primary N) is 1. The number of esters is 1. The fourth-order valence-electron chi connectivity index (χ4n) is 2.17. The highest BCUT2D eigenvalue weighted by Crippen LogP contribution is 2.30. The Balaban J connectivity index is 2.30. The van der Waals surface area contributed by atoms with Crippen LogP contribution in [0.5, 0.6) is 0 Å². The lowest BCUT2D eigenvalue weighted by molar-refractivity contribution is -0.145. The van der Waals surface area contributed by atoms with Gasteiger partial charge in [-0.2, -0.15) is 0 Å². The number of rotatable bonds is 4. The van der Waals surface area contributed by atoms with Crippen LogP contribution in [0.3, 0.4) is 0 Å². The van der Waals surface area contributed by atoms with E-state index in [0.717, 1.165) is 10.8 Å². The molecule has 0 bridgehead atoms. The molecule has 0 aliphatic carbocycles. The van der Waals surface area contributed by atoms with Crippen LogP contribution < -0.4 is 11.3 Å². The van der Waals surface area contributed by atoms with E-state index >= 15 is 0 Å². The van der Waals surface area contributed by atoms with Crippen LogP contribution in [0, 0.1) is 0 Å². The van der Waals surface area contributed by atoms with Crippen LogP contribution >= 0.6 is 0 Å². The zero-order valence-corrected chi connectivity index (χ0v) is 11.6. The van der Waals surface area contributed by atoms with E-state index in [2.05, 4.69) is 9.72 Å². The zero-order chi connectivity index (χ0) is 16.4. The normalized spacial score (nSPS) is 27.6. The summed E-state index contributed by atoms with van der Waals surface area (Å²) in [6.45, 7) is 0. The first-order valence-electron chi connectivity index (χ1n) is 6.32. The van der Waals surface area contributed by atoms with Crippen LogP contribution in [0.2, 0.25) is 0 Å². The molecule has 1 aliphatic rings. The molecule has 0 radical (unpaired) electrons. The fraction of sp³-hybridized carbons (Fsp3) is 0.500. The van der Waals surface area contributed by atoms with Gasteiger partial charge in [0.25, 0.3) is 11.5 Å². The second-order valence-electron chi connectivity index (χ2n) is 4.68. The molecule has 120 valence electrons. The van der Waals surface area contributed by atoms with E-state index in [1.807, 2.05) is 0 Å². The minimum Gasteiger partial charge on any atom is -0.469 e. The van der Waals surface area contributed by atoms with Crippen molar-refractivity contribution in [2.45, 2.75) is 31.0 Å². The number of primary amides is 1. The predicted octanol–water partition coefficient (Wildman–Crippen LogP) is -2.48. The Morgan fingerprint density at radius 3 is 2.73 bits per heavy atom. The summed E-state index contributed by atoms with van der Waals surface area (Å²) in [5, 5.41) is 19.9. The minimum atomic E-state index is -1.48. The Morgan fingerprint density at radius 1 is 1.45 bits per heavy atom. The van der Waals surface area contributed by atoms with Gasteiger partial charge in [-0.25, -0.2) is 4.98 Å². The lowest BCUT2D eigenvalue weighted by Crippen LogP contribution is -2.37. The van der Waals surface area contributed by atoms with Gasteiger partial charge in [-0.05, 0) is 0 Å². The first-order chi connectivity index (χ1) is 10.4. The van der Waals surface area contributed by atoms with Gasteiger partial charge in [0.1, 0.15) is 12.2 Å². The molecule has 1 aliphatic heterocycles. The molecular weight excluding hydrogens is 298 g/mol.